The standard InChI is InChI=1S/C13H26N2O2/c1-6-17-13(16)7-10(2)15-8-11(3)14(5)12(4)9-15/h10-12H,6-9H2,1-5H3. The van der Waals surface area contributed by atoms with Gasteiger partial charge >= 0.3 is 5.97 Å². The van der Waals surface area contributed by atoms with Gasteiger partial charge in [0, 0.05) is 31.2 Å². The third kappa shape index (κ3) is 3.96. The molecule has 0 spiro atoms. The molecule has 0 N–H and O–H groups in total. The number of hydrogen-bond donors (Lipinski definition) is 0. The Labute approximate surface area is 105 Å². The first-order chi connectivity index (χ1) is 7.95. The van der Waals surface area contributed by atoms with Crippen LogP contribution in [0.15, 0.2) is 0 Å². The van der Waals surface area contributed by atoms with Crippen molar-refractivity contribution in [2.24, 2.45) is 0 Å². The molecule has 100 valence electrons. The van der Waals surface area contributed by atoms with Gasteiger partial charge in [0.2, 0.25) is 0 Å². The van der Waals surface area contributed by atoms with Crippen LogP contribution in [0.3, 0.4) is 0 Å². The number of rotatable bonds is 4. The highest BCUT2D eigenvalue weighted by molar-refractivity contribution is 5.70. The highest BCUT2D eigenvalue weighted by atomic mass is 16.5. The quantitative estimate of drug-likeness (QED) is 0.697. The van der Waals surface area contributed by atoms with Crippen LogP contribution in [0.4, 0.5) is 0 Å². The number of ether oxygens (including phenoxy) is 1. The van der Waals surface area contributed by atoms with Crippen molar-refractivity contribution < 1.29 is 9.53 Å². The molecule has 3 unspecified atom stereocenters. The van der Waals surface area contributed by atoms with Gasteiger partial charge < -0.3 is 4.74 Å². The van der Waals surface area contributed by atoms with Crippen LogP contribution in [0, 0.1) is 0 Å². The van der Waals surface area contributed by atoms with E-state index in [0.717, 1.165) is 13.1 Å². The molecule has 0 aromatic carbocycles. The van der Waals surface area contributed by atoms with Gasteiger partial charge in [-0.05, 0) is 34.7 Å². The van der Waals surface area contributed by atoms with Crippen LogP contribution < -0.4 is 0 Å². The fourth-order valence-corrected chi connectivity index (χ4v) is 2.40. The van der Waals surface area contributed by atoms with Gasteiger partial charge in [-0.25, -0.2) is 0 Å². The van der Waals surface area contributed by atoms with E-state index in [9.17, 15) is 4.79 Å². The zero-order chi connectivity index (χ0) is 13.0. The number of nitrogens with zero attached hydrogens (tertiary/aromatic N) is 2. The molecule has 0 aliphatic carbocycles. The number of esters is 1. The van der Waals surface area contributed by atoms with Gasteiger partial charge in [0.05, 0.1) is 13.0 Å². The van der Waals surface area contributed by atoms with E-state index in [-0.39, 0.29) is 12.0 Å². The number of piperazine rings is 1. The maximum Gasteiger partial charge on any atom is 0.307 e. The molecule has 1 heterocycles. The Bertz CT molecular complexity index is 246. The maximum absolute atomic E-state index is 11.5. The average molecular weight is 242 g/mol. The summed E-state index contributed by atoms with van der Waals surface area (Å²) < 4.78 is 5.00. The lowest BCUT2D eigenvalue weighted by molar-refractivity contribution is -0.144. The minimum atomic E-state index is -0.0840. The Balaban J connectivity index is 2.47. The largest absolute Gasteiger partial charge is 0.466 e. The molecule has 0 saturated carbocycles. The number of carbonyl (C=O) groups is 1. The van der Waals surface area contributed by atoms with Crippen molar-refractivity contribution >= 4 is 5.97 Å². The summed E-state index contributed by atoms with van der Waals surface area (Å²) >= 11 is 0. The summed E-state index contributed by atoms with van der Waals surface area (Å²) in [5, 5.41) is 0. The van der Waals surface area contributed by atoms with Gasteiger partial charge in [0.25, 0.3) is 0 Å². The van der Waals surface area contributed by atoms with Gasteiger partial charge in [-0.1, -0.05) is 0 Å². The zero-order valence-electron chi connectivity index (χ0n) is 11.8. The average Bonchev–Trinajstić information content (AvgIpc) is 2.25. The van der Waals surface area contributed by atoms with Crippen molar-refractivity contribution in [1.29, 1.82) is 0 Å². The smallest absolute Gasteiger partial charge is 0.307 e. The first kappa shape index (κ1) is 14.5. The molecule has 4 nitrogen and oxygen atoms in total. The first-order valence-electron chi connectivity index (χ1n) is 6.57. The maximum atomic E-state index is 11.5. The van der Waals surface area contributed by atoms with Crippen LogP contribution in [-0.4, -0.2) is 60.6 Å². The highest BCUT2D eigenvalue weighted by Gasteiger charge is 2.29. The summed E-state index contributed by atoms with van der Waals surface area (Å²) in [6.45, 7) is 11.0. The second-order valence-electron chi connectivity index (χ2n) is 5.18. The van der Waals surface area contributed by atoms with Crippen LogP contribution in [0.1, 0.15) is 34.1 Å². The van der Waals surface area contributed by atoms with E-state index in [4.69, 9.17) is 4.74 Å². The molecule has 4 heteroatoms. The van der Waals surface area contributed by atoms with Crippen LogP contribution in [0.5, 0.6) is 0 Å². The third-order valence-corrected chi connectivity index (χ3v) is 3.78. The van der Waals surface area contributed by atoms with E-state index < -0.39 is 0 Å². The Morgan fingerprint density at radius 2 is 1.88 bits per heavy atom. The SMILES string of the molecule is CCOC(=O)CC(C)N1CC(C)N(C)C(C)C1. The van der Waals surface area contributed by atoms with Crippen molar-refractivity contribution in [3.8, 4) is 0 Å². The molecular formula is C13H26N2O2. The van der Waals surface area contributed by atoms with E-state index in [2.05, 4.69) is 37.6 Å². The molecule has 0 amide bonds. The van der Waals surface area contributed by atoms with E-state index in [1.54, 1.807) is 0 Å². The van der Waals surface area contributed by atoms with Crippen LogP contribution in [-0.2, 0) is 9.53 Å². The Morgan fingerprint density at radius 3 is 2.35 bits per heavy atom. The molecule has 0 aromatic heterocycles. The molecule has 1 aliphatic rings. The van der Waals surface area contributed by atoms with E-state index in [1.165, 1.54) is 0 Å². The normalized spacial score (nSPS) is 29.0. The number of hydrogen-bond acceptors (Lipinski definition) is 4. The van der Waals surface area contributed by atoms with Crippen molar-refractivity contribution in [3.05, 3.63) is 0 Å². The minimum Gasteiger partial charge on any atom is -0.466 e. The van der Waals surface area contributed by atoms with Gasteiger partial charge in [-0.3, -0.25) is 14.6 Å². The second kappa shape index (κ2) is 6.36. The first-order valence-corrected chi connectivity index (χ1v) is 6.57. The predicted octanol–water partition coefficient (Wildman–Crippen LogP) is 1.35. The topological polar surface area (TPSA) is 32.8 Å². The van der Waals surface area contributed by atoms with Crippen LogP contribution >= 0.6 is 0 Å². The lowest BCUT2D eigenvalue weighted by Crippen LogP contribution is -2.57. The molecular weight excluding hydrogens is 216 g/mol. The Morgan fingerprint density at radius 1 is 1.35 bits per heavy atom. The monoisotopic (exact) mass is 242 g/mol. The summed E-state index contributed by atoms with van der Waals surface area (Å²) in [5.74, 6) is -0.0840. The van der Waals surface area contributed by atoms with Gasteiger partial charge in [0.1, 0.15) is 0 Å². The molecule has 1 aliphatic heterocycles. The molecule has 3 atom stereocenters. The van der Waals surface area contributed by atoms with E-state index >= 15 is 0 Å². The van der Waals surface area contributed by atoms with E-state index in [1.807, 2.05) is 6.92 Å². The molecule has 1 rings (SSSR count). The number of likely N-dealkylation sites (N-methyl/N-ethyl adjacent to an activating group) is 1. The molecule has 0 aromatic rings. The third-order valence-electron chi connectivity index (χ3n) is 3.78. The summed E-state index contributed by atoms with van der Waals surface area (Å²) in [6, 6.07) is 1.36. The number of carbonyl (C=O) groups excluding carboxylic acids is 1. The zero-order valence-corrected chi connectivity index (χ0v) is 11.8. The van der Waals surface area contributed by atoms with E-state index in [0.29, 0.717) is 25.1 Å². The summed E-state index contributed by atoms with van der Waals surface area (Å²) in [7, 11) is 2.17. The molecule has 1 fully saturated rings. The highest BCUT2D eigenvalue weighted by Crippen LogP contribution is 2.17. The molecule has 1 saturated heterocycles. The predicted molar refractivity (Wildman–Crippen MR) is 69.0 cm³/mol. The van der Waals surface area contributed by atoms with Crippen LogP contribution in [0.25, 0.3) is 0 Å². The summed E-state index contributed by atoms with van der Waals surface area (Å²) in [4.78, 5) is 16.3. The summed E-state index contributed by atoms with van der Waals surface area (Å²) in [5.41, 5.74) is 0. The van der Waals surface area contributed by atoms with Gasteiger partial charge in [0.15, 0.2) is 0 Å². The van der Waals surface area contributed by atoms with Gasteiger partial charge in [-0.2, -0.15) is 0 Å². The molecule has 17 heavy (non-hydrogen) atoms. The fourth-order valence-electron chi connectivity index (χ4n) is 2.40. The second-order valence-corrected chi connectivity index (χ2v) is 5.18. The Kier molecular flexibility index (Phi) is 5.40. The Hall–Kier alpha value is -0.610. The lowest BCUT2D eigenvalue weighted by Gasteiger charge is -2.44. The fraction of sp³-hybridized carbons (Fsp3) is 0.923. The van der Waals surface area contributed by atoms with Crippen molar-refractivity contribution in [2.45, 2.75) is 52.2 Å². The van der Waals surface area contributed by atoms with Crippen molar-refractivity contribution in [2.75, 3.05) is 26.7 Å². The summed E-state index contributed by atoms with van der Waals surface area (Å²) in [6.07, 6.45) is 0.497. The van der Waals surface area contributed by atoms with Gasteiger partial charge in [-0.15, -0.1) is 0 Å². The van der Waals surface area contributed by atoms with Crippen LogP contribution in [0.2, 0.25) is 0 Å². The molecule has 0 bridgehead atoms. The molecule has 0 radical (unpaired) electrons. The van der Waals surface area contributed by atoms with Crippen molar-refractivity contribution in [3.63, 3.8) is 0 Å². The lowest BCUT2D eigenvalue weighted by atomic mass is 10.1. The minimum absolute atomic E-state index is 0.0840. The van der Waals surface area contributed by atoms with Crippen molar-refractivity contribution in [1.82, 2.24) is 9.80 Å².